The first-order chi connectivity index (χ1) is 11.3. The van der Waals surface area contributed by atoms with E-state index in [-0.39, 0.29) is 5.91 Å². The highest BCUT2D eigenvalue weighted by Gasteiger charge is 2.23. The number of amides is 1. The fraction of sp³-hybridized carbons (Fsp3) is 0.895. The fourth-order valence-corrected chi connectivity index (χ4v) is 4.29. The van der Waals surface area contributed by atoms with Crippen molar-refractivity contribution in [1.82, 2.24) is 4.90 Å². The lowest BCUT2D eigenvalue weighted by Crippen LogP contribution is -2.30. The molecular weight excluding hydrogens is 322 g/mol. The average Bonchev–Trinajstić information content (AvgIpc) is 2.98. The fourth-order valence-electron chi connectivity index (χ4n) is 3.05. The van der Waals surface area contributed by atoms with E-state index in [2.05, 4.69) is 6.92 Å². The Balaban J connectivity index is 1.79. The molecule has 0 spiro atoms. The standard InChI is InChI=1S/C19H35NOS2/c1-2-3-4-5-6-7-8-9-10-11-12-13-14-15-18(21)20-16-17-23-19(20)22/h2-17H2,1H3. The summed E-state index contributed by atoms with van der Waals surface area (Å²) in [6.45, 7) is 3.09. The van der Waals surface area contributed by atoms with E-state index in [1.54, 1.807) is 16.7 Å². The normalized spacial score (nSPS) is 14.7. The molecule has 0 unspecified atom stereocenters. The lowest BCUT2D eigenvalue weighted by molar-refractivity contribution is -0.126. The van der Waals surface area contributed by atoms with Crippen molar-refractivity contribution in [2.24, 2.45) is 0 Å². The highest BCUT2D eigenvalue weighted by Crippen LogP contribution is 2.19. The monoisotopic (exact) mass is 357 g/mol. The van der Waals surface area contributed by atoms with Crippen molar-refractivity contribution in [1.29, 1.82) is 0 Å². The Morgan fingerprint density at radius 3 is 1.83 bits per heavy atom. The second-order valence-corrected chi connectivity index (χ2v) is 8.38. The first kappa shape index (κ1) is 21.0. The Kier molecular flexibility index (Phi) is 13.0. The molecule has 1 saturated heterocycles. The largest absolute Gasteiger partial charge is 0.297 e. The van der Waals surface area contributed by atoms with Gasteiger partial charge >= 0.3 is 0 Å². The van der Waals surface area contributed by atoms with E-state index in [1.165, 1.54) is 77.0 Å². The second-order valence-electron chi connectivity index (χ2n) is 6.65. The van der Waals surface area contributed by atoms with Crippen molar-refractivity contribution in [2.45, 2.75) is 96.8 Å². The summed E-state index contributed by atoms with van der Waals surface area (Å²) in [5.74, 6) is 1.21. The van der Waals surface area contributed by atoms with Crippen LogP contribution in [-0.4, -0.2) is 27.4 Å². The minimum absolute atomic E-state index is 0.239. The van der Waals surface area contributed by atoms with Crippen LogP contribution in [0.25, 0.3) is 0 Å². The molecule has 1 heterocycles. The van der Waals surface area contributed by atoms with Gasteiger partial charge in [-0.25, -0.2) is 0 Å². The number of rotatable bonds is 14. The Morgan fingerprint density at radius 1 is 0.913 bits per heavy atom. The first-order valence-corrected chi connectivity index (χ1v) is 11.1. The summed E-state index contributed by atoms with van der Waals surface area (Å²) in [5, 5.41) is 0. The first-order valence-electron chi connectivity index (χ1n) is 9.73. The van der Waals surface area contributed by atoms with Crippen LogP contribution in [0.2, 0.25) is 0 Å². The van der Waals surface area contributed by atoms with Crippen LogP contribution in [0.15, 0.2) is 0 Å². The van der Waals surface area contributed by atoms with Crippen molar-refractivity contribution >= 4 is 34.2 Å². The summed E-state index contributed by atoms with van der Waals surface area (Å²) in [4.78, 5) is 13.8. The molecule has 1 aliphatic rings. The maximum absolute atomic E-state index is 12.0. The zero-order valence-electron chi connectivity index (χ0n) is 15.0. The lowest BCUT2D eigenvalue weighted by atomic mass is 10.0. The highest BCUT2D eigenvalue weighted by molar-refractivity contribution is 8.23. The molecule has 0 N–H and O–H groups in total. The zero-order chi connectivity index (χ0) is 16.8. The summed E-state index contributed by atoms with van der Waals surface area (Å²) in [5.41, 5.74) is 0. The van der Waals surface area contributed by atoms with Gasteiger partial charge in [0.25, 0.3) is 0 Å². The van der Waals surface area contributed by atoms with Gasteiger partial charge in [0, 0.05) is 18.7 Å². The summed E-state index contributed by atoms with van der Waals surface area (Å²) in [7, 11) is 0. The summed E-state index contributed by atoms with van der Waals surface area (Å²) < 4.78 is 0.782. The predicted octanol–water partition coefficient (Wildman–Crippen LogP) is 6.33. The molecule has 0 aromatic rings. The molecule has 0 aromatic heterocycles. The van der Waals surface area contributed by atoms with Crippen LogP contribution in [0.5, 0.6) is 0 Å². The van der Waals surface area contributed by atoms with Gasteiger partial charge in [-0.1, -0.05) is 108 Å². The molecule has 1 amide bonds. The number of hydrogen-bond acceptors (Lipinski definition) is 3. The Hall–Kier alpha value is -0.0900. The third-order valence-corrected chi connectivity index (χ3v) is 5.98. The van der Waals surface area contributed by atoms with Gasteiger partial charge in [0.05, 0.1) is 0 Å². The van der Waals surface area contributed by atoms with Crippen molar-refractivity contribution in [2.75, 3.05) is 12.3 Å². The van der Waals surface area contributed by atoms with Gasteiger partial charge in [0.2, 0.25) is 5.91 Å². The van der Waals surface area contributed by atoms with E-state index in [0.717, 1.165) is 23.0 Å². The number of nitrogens with zero attached hydrogens (tertiary/aromatic N) is 1. The maximum Gasteiger partial charge on any atom is 0.228 e. The maximum atomic E-state index is 12.0. The van der Waals surface area contributed by atoms with Crippen molar-refractivity contribution in [3.05, 3.63) is 0 Å². The molecule has 23 heavy (non-hydrogen) atoms. The van der Waals surface area contributed by atoms with Crippen LogP contribution < -0.4 is 0 Å². The topological polar surface area (TPSA) is 20.3 Å². The third-order valence-electron chi connectivity index (χ3n) is 4.56. The molecule has 2 nitrogen and oxygen atoms in total. The van der Waals surface area contributed by atoms with Crippen LogP contribution in [0.3, 0.4) is 0 Å². The SMILES string of the molecule is CCCCCCCCCCCCCCCC(=O)N1CCSC1=S. The second kappa shape index (κ2) is 14.3. The summed E-state index contributed by atoms with van der Waals surface area (Å²) >= 11 is 6.82. The van der Waals surface area contributed by atoms with E-state index in [0.29, 0.717) is 6.42 Å². The van der Waals surface area contributed by atoms with Gasteiger partial charge in [0.15, 0.2) is 0 Å². The molecular formula is C19H35NOS2. The van der Waals surface area contributed by atoms with Gasteiger partial charge in [-0.15, -0.1) is 0 Å². The minimum Gasteiger partial charge on any atom is -0.297 e. The van der Waals surface area contributed by atoms with E-state index in [4.69, 9.17) is 12.2 Å². The van der Waals surface area contributed by atoms with E-state index < -0.39 is 0 Å². The van der Waals surface area contributed by atoms with Crippen molar-refractivity contribution in [3.8, 4) is 0 Å². The summed E-state index contributed by atoms with van der Waals surface area (Å²) in [6.07, 6.45) is 18.2. The van der Waals surface area contributed by atoms with Gasteiger partial charge in [-0.05, 0) is 6.42 Å². The highest BCUT2D eigenvalue weighted by atomic mass is 32.2. The predicted molar refractivity (Wildman–Crippen MR) is 107 cm³/mol. The van der Waals surface area contributed by atoms with Crippen molar-refractivity contribution in [3.63, 3.8) is 0 Å². The molecule has 1 rings (SSSR count). The van der Waals surface area contributed by atoms with Gasteiger partial charge in [-0.3, -0.25) is 9.69 Å². The average molecular weight is 358 g/mol. The molecule has 0 aromatic carbocycles. The van der Waals surface area contributed by atoms with Gasteiger partial charge in [0.1, 0.15) is 4.32 Å². The summed E-state index contributed by atoms with van der Waals surface area (Å²) in [6, 6.07) is 0. The van der Waals surface area contributed by atoms with Crippen molar-refractivity contribution < 1.29 is 4.79 Å². The minimum atomic E-state index is 0.239. The molecule has 0 radical (unpaired) electrons. The third kappa shape index (κ3) is 10.4. The Labute approximate surface area is 153 Å². The van der Waals surface area contributed by atoms with Crippen LogP contribution in [0, 0.1) is 0 Å². The number of thioether (sulfide) groups is 1. The molecule has 0 bridgehead atoms. The number of unbranched alkanes of at least 4 members (excludes halogenated alkanes) is 12. The number of thiocarbonyl (C=S) groups is 1. The van der Waals surface area contributed by atoms with E-state index in [9.17, 15) is 4.79 Å². The number of carbonyl (C=O) groups is 1. The van der Waals surface area contributed by atoms with Gasteiger partial charge < -0.3 is 0 Å². The smallest absolute Gasteiger partial charge is 0.228 e. The van der Waals surface area contributed by atoms with Gasteiger partial charge in [-0.2, -0.15) is 0 Å². The lowest BCUT2D eigenvalue weighted by Gasteiger charge is -2.14. The molecule has 0 atom stereocenters. The van der Waals surface area contributed by atoms with Crippen LogP contribution >= 0.6 is 24.0 Å². The van der Waals surface area contributed by atoms with E-state index in [1.807, 2.05) is 0 Å². The molecule has 4 heteroatoms. The molecule has 1 fully saturated rings. The zero-order valence-corrected chi connectivity index (χ0v) is 16.6. The van der Waals surface area contributed by atoms with Crippen LogP contribution in [0.1, 0.15) is 96.8 Å². The Morgan fingerprint density at radius 2 is 1.39 bits per heavy atom. The molecule has 0 saturated carbocycles. The molecule has 0 aliphatic carbocycles. The number of hydrogen-bond donors (Lipinski definition) is 0. The number of carbonyl (C=O) groups excluding carboxylic acids is 1. The Bertz CT molecular complexity index is 333. The quantitative estimate of drug-likeness (QED) is 0.268. The van der Waals surface area contributed by atoms with Crippen LogP contribution in [-0.2, 0) is 4.79 Å². The molecule has 134 valence electrons. The van der Waals surface area contributed by atoms with E-state index >= 15 is 0 Å². The van der Waals surface area contributed by atoms with Crippen LogP contribution in [0.4, 0.5) is 0 Å². The molecule has 1 aliphatic heterocycles.